The fraction of sp³-hybridized carbons (Fsp3) is 0.200. The van der Waals surface area contributed by atoms with E-state index in [1.54, 1.807) is 42.1 Å². The number of hydrazone groups is 1. The van der Waals surface area contributed by atoms with Gasteiger partial charge in [0, 0.05) is 22.7 Å². The number of ether oxygens (including phenoxy) is 1. The lowest BCUT2D eigenvalue weighted by Crippen LogP contribution is -2.20. The molecule has 1 aliphatic carbocycles. The molecule has 2 aromatic heterocycles. The quantitative estimate of drug-likeness (QED) is 0.198. The highest BCUT2D eigenvalue weighted by atomic mass is 32.1. The standard InChI is InChI=1S/C25H22N6O4S/c32-22(29-17-4-3-5-18(12-17)31(33)34)14-35-19-10-8-16(9-11-19)13-28-30-24-23-20-6-1-2-7-21(20)36-25(23)27-15-26-24/h3-5,8-13,15H,1-2,6-7,14H2,(H,29,32)(H,26,27,30)/b28-13-. The second-order valence-electron chi connectivity index (χ2n) is 8.20. The van der Waals surface area contributed by atoms with Crippen LogP contribution in [-0.4, -0.2) is 33.6 Å². The molecule has 0 bridgehead atoms. The molecule has 0 fully saturated rings. The van der Waals surface area contributed by atoms with Crippen LogP contribution in [0.4, 0.5) is 17.2 Å². The number of benzene rings is 2. The van der Waals surface area contributed by atoms with Crippen molar-refractivity contribution in [1.82, 2.24) is 9.97 Å². The molecule has 0 saturated heterocycles. The molecule has 182 valence electrons. The van der Waals surface area contributed by atoms with E-state index in [9.17, 15) is 14.9 Å². The van der Waals surface area contributed by atoms with Crippen molar-refractivity contribution in [2.75, 3.05) is 17.3 Å². The molecular weight excluding hydrogens is 480 g/mol. The number of aromatic nitrogens is 2. The summed E-state index contributed by atoms with van der Waals surface area (Å²) in [5, 5.41) is 18.9. The van der Waals surface area contributed by atoms with E-state index in [0.29, 0.717) is 17.3 Å². The first-order valence-electron chi connectivity index (χ1n) is 11.4. The van der Waals surface area contributed by atoms with Gasteiger partial charge in [-0.05, 0) is 67.1 Å². The predicted molar refractivity (Wildman–Crippen MR) is 139 cm³/mol. The van der Waals surface area contributed by atoms with Gasteiger partial charge in [-0.2, -0.15) is 5.10 Å². The van der Waals surface area contributed by atoms with Crippen LogP contribution in [0.25, 0.3) is 10.2 Å². The van der Waals surface area contributed by atoms with Gasteiger partial charge < -0.3 is 10.1 Å². The minimum absolute atomic E-state index is 0.0979. The molecule has 4 aromatic rings. The van der Waals surface area contributed by atoms with Gasteiger partial charge >= 0.3 is 0 Å². The maximum Gasteiger partial charge on any atom is 0.271 e. The van der Waals surface area contributed by atoms with Gasteiger partial charge in [0.2, 0.25) is 0 Å². The largest absolute Gasteiger partial charge is 0.484 e. The van der Waals surface area contributed by atoms with Gasteiger partial charge in [0.05, 0.1) is 16.5 Å². The van der Waals surface area contributed by atoms with Crippen LogP contribution in [0.1, 0.15) is 28.8 Å². The first kappa shape index (κ1) is 23.4. The molecule has 0 saturated carbocycles. The van der Waals surface area contributed by atoms with E-state index in [4.69, 9.17) is 4.74 Å². The number of rotatable bonds is 8. The molecule has 1 amide bonds. The Balaban J connectivity index is 1.16. The smallest absolute Gasteiger partial charge is 0.271 e. The van der Waals surface area contributed by atoms with Gasteiger partial charge in [-0.1, -0.05) is 6.07 Å². The summed E-state index contributed by atoms with van der Waals surface area (Å²) < 4.78 is 5.52. The van der Waals surface area contributed by atoms with Crippen molar-refractivity contribution in [3.05, 3.63) is 81.0 Å². The molecule has 10 nitrogen and oxygen atoms in total. The number of carbonyl (C=O) groups is 1. The van der Waals surface area contributed by atoms with Crippen molar-refractivity contribution in [2.24, 2.45) is 5.10 Å². The number of nitrogens with zero attached hydrogens (tertiary/aromatic N) is 4. The second-order valence-corrected chi connectivity index (χ2v) is 9.28. The molecular formula is C25H22N6O4S. The van der Waals surface area contributed by atoms with Crippen LogP contribution in [0.5, 0.6) is 5.75 Å². The number of nitrogens with one attached hydrogen (secondary N) is 2. The van der Waals surface area contributed by atoms with Crippen LogP contribution >= 0.6 is 11.3 Å². The average Bonchev–Trinajstić information content (AvgIpc) is 3.28. The monoisotopic (exact) mass is 502 g/mol. The van der Waals surface area contributed by atoms with Gasteiger partial charge in [-0.15, -0.1) is 11.3 Å². The Morgan fingerprint density at radius 3 is 2.83 bits per heavy atom. The number of hydrogen-bond acceptors (Lipinski definition) is 9. The maximum atomic E-state index is 12.1. The van der Waals surface area contributed by atoms with Gasteiger partial charge in [-0.25, -0.2) is 9.97 Å². The van der Waals surface area contributed by atoms with E-state index in [-0.39, 0.29) is 12.3 Å². The summed E-state index contributed by atoms with van der Waals surface area (Å²) in [7, 11) is 0. The van der Waals surface area contributed by atoms with E-state index in [1.165, 1.54) is 41.5 Å². The lowest BCUT2D eigenvalue weighted by atomic mass is 9.97. The van der Waals surface area contributed by atoms with Gasteiger partial charge in [-0.3, -0.25) is 20.3 Å². The molecule has 0 spiro atoms. The molecule has 0 radical (unpaired) electrons. The minimum atomic E-state index is -0.518. The highest BCUT2D eigenvalue weighted by molar-refractivity contribution is 7.19. The molecule has 2 N–H and O–H groups in total. The summed E-state index contributed by atoms with van der Waals surface area (Å²) in [6, 6.07) is 12.8. The Bertz CT molecular complexity index is 1450. The van der Waals surface area contributed by atoms with E-state index in [1.807, 2.05) is 12.1 Å². The molecule has 1 aliphatic rings. The van der Waals surface area contributed by atoms with Crippen LogP contribution in [0, 0.1) is 10.1 Å². The Morgan fingerprint density at radius 1 is 1.17 bits per heavy atom. The van der Waals surface area contributed by atoms with Crippen molar-refractivity contribution in [2.45, 2.75) is 25.7 Å². The molecule has 11 heteroatoms. The molecule has 0 aliphatic heterocycles. The van der Waals surface area contributed by atoms with E-state index < -0.39 is 10.8 Å². The normalized spacial score (nSPS) is 12.9. The third-order valence-corrected chi connectivity index (χ3v) is 6.93. The van der Waals surface area contributed by atoms with Gasteiger partial charge in [0.1, 0.15) is 16.9 Å². The maximum absolute atomic E-state index is 12.1. The molecule has 36 heavy (non-hydrogen) atoms. The zero-order valence-corrected chi connectivity index (χ0v) is 20.0. The molecule has 2 aromatic carbocycles. The summed E-state index contributed by atoms with van der Waals surface area (Å²) in [5.74, 6) is 0.805. The van der Waals surface area contributed by atoms with Crippen molar-refractivity contribution < 1.29 is 14.5 Å². The van der Waals surface area contributed by atoms with Crippen LogP contribution < -0.4 is 15.5 Å². The number of nitro benzene ring substituents is 1. The number of carbonyl (C=O) groups excluding carboxylic acids is 1. The third kappa shape index (κ3) is 5.31. The first-order chi connectivity index (χ1) is 17.6. The first-order valence-corrected chi connectivity index (χ1v) is 12.2. The van der Waals surface area contributed by atoms with Gasteiger partial charge in [0.15, 0.2) is 12.4 Å². The number of non-ortho nitro benzene ring substituents is 1. The van der Waals surface area contributed by atoms with Crippen LogP contribution in [0.3, 0.4) is 0 Å². The highest BCUT2D eigenvalue weighted by Crippen LogP contribution is 2.38. The number of nitro groups is 1. The number of thiophene rings is 1. The Morgan fingerprint density at radius 2 is 2.00 bits per heavy atom. The van der Waals surface area contributed by atoms with Crippen LogP contribution in [-0.2, 0) is 17.6 Å². The Labute approximate surface area is 210 Å². The van der Waals surface area contributed by atoms with E-state index >= 15 is 0 Å². The third-order valence-electron chi connectivity index (χ3n) is 5.73. The minimum Gasteiger partial charge on any atom is -0.484 e. The van der Waals surface area contributed by atoms with Crippen molar-refractivity contribution in [1.29, 1.82) is 0 Å². The summed E-state index contributed by atoms with van der Waals surface area (Å²) in [5.41, 5.74) is 5.48. The lowest BCUT2D eigenvalue weighted by Gasteiger charge is -2.11. The lowest BCUT2D eigenvalue weighted by molar-refractivity contribution is -0.384. The van der Waals surface area contributed by atoms with Crippen LogP contribution in [0.15, 0.2) is 60.0 Å². The highest BCUT2D eigenvalue weighted by Gasteiger charge is 2.19. The second kappa shape index (κ2) is 10.5. The Hall–Kier alpha value is -4.38. The van der Waals surface area contributed by atoms with Crippen molar-refractivity contribution in [3.8, 4) is 5.75 Å². The summed E-state index contributed by atoms with van der Waals surface area (Å²) in [6.45, 7) is -0.230. The SMILES string of the molecule is O=C(COc1ccc(/C=N\Nc2ncnc3sc4c(c23)CCCC4)cc1)Nc1cccc([N+](=O)[O-])c1. The number of anilines is 2. The zero-order valence-electron chi connectivity index (χ0n) is 19.1. The summed E-state index contributed by atoms with van der Waals surface area (Å²) in [4.78, 5) is 33.7. The molecule has 0 unspecified atom stereocenters. The van der Waals surface area contributed by atoms with E-state index in [0.717, 1.165) is 28.6 Å². The topological polar surface area (TPSA) is 132 Å². The average molecular weight is 503 g/mol. The molecule has 5 rings (SSSR count). The van der Waals surface area contributed by atoms with Crippen molar-refractivity contribution in [3.63, 3.8) is 0 Å². The Kier molecular flexibility index (Phi) is 6.80. The van der Waals surface area contributed by atoms with E-state index in [2.05, 4.69) is 25.8 Å². The fourth-order valence-electron chi connectivity index (χ4n) is 4.04. The summed E-state index contributed by atoms with van der Waals surface area (Å²) in [6.07, 6.45) is 7.79. The number of amides is 1. The number of fused-ring (bicyclic) bond motifs is 3. The predicted octanol–water partition coefficient (Wildman–Crippen LogP) is 4.94. The number of hydrogen-bond donors (Lipinski definition) is 2. The fourth-order valence-corrected chi connectivity index (χ4v) is 5.27. The number of aryl methyl sites for hydroxylation is 2. The summed E-state index contributed by atoms with van der Waals surface area (Å²) >= 11 is 1.74. The molecule has 0 atom stereocenters. The van der Waals surface area contributed by atoms with Crippen LogP contribution in [0.2, 0.25) is 0 Å². The van der Waals surface area contributed by atoms with Gasteiger partial charge in [0.25, 0.3) is 11.6 Å². The molecule has 2 heterocycles. The van der Waals surface area contributed by atoms with Crippen molar-refractivity contribution >= 4 is 50.9 Å². The zero-order chi connectivity index (χ0) is 24.9.